The topological polar surface area (TPSA) is 53.1 Å². The monoisotopic (exact) mass is 281 g/mol. The van der Waals surface area contributed by atoms with Gasteiger partial charge in [0.15, 0.2) is 0 Å². The zero-order chi connectivity index (χ0) is 14.8. The molecule has 0 atom stereocenters. The Morgan fingerprint density at radius 3 is 2.71 bits per heavy atom. The fourth-order valence-corrected chi connectivity index (χ4v) is 2.56. The highest BCUT2D eigenvalue weighted by Gasteiger charge is 2.11. The fourth-order valence-electron chi connectivity index (χ4n) is 2.56. The number of hydrogen-bond acceptors (Lipinski definition) is 3. The maximum absolute atomic E-state index is 5.98. The average molecular weight is 281 g/mol. The van der Waals surface area contributed by atoms with E-state index < -0.39 is 0 Å². The van der Waals surface area contributed by atoms with E-state index in [1.165, 1.54) is 0 Å². The second-order valence-corrected chi connectivity index (χ2v) is 5.06. The molecule has 21 heavy (non-hydrogen) atoms. The molecule has 108 valence electrons. The molecule has 0 aliphatic heterocycles. The predicted octanol–water partition coefficient (Wildman–Crippen LogP) is 3.53. The van der Waals surface area contributed by atoms with Crippen molar-refractivity contribution in [2.45, 2.75) is 27.0 Å². The maximum atomic E-state index is 5.98. The number of anilines is 1. The van der Waals surface area contributed by atoms with Crippen LogP contribution >= 0.6 is 0 Å². The van der Waals surface area contributed by atoms with Crippen molar-refractivity contribution in [2.75, 3.05) is 5.73 Å². The van der Waals surface area contributed by atoms with Crippen LogP contribution in [0.3, 0.4) is 0 Å². The Labute approximate surface area is 124 Å². The lowest BCUT2D eigenvalue weighted by Crippen LogP contribution is -2.02. The zero-order valence-corrected chi connectivity index (χ0v) is 12.3. The van der Waals surface area contributed by atoms with Gasteiger partial charge in [-0.3, -0.25) is 4.68 Å². The third-order valence-electron chi connectivity index (χ3n) is 3.63. The van der Waals surface area contributed by atoms with E-state index in [9.17, 15) is 0 Å². The highest BCUT2D eigenvalue weighted by molar-refractivity contribution is 5.81. The first-order valence-corrected chi connectivity index (χ1v) is 7.13. The molecule has 1 aromatic heterocycles. The van der Waals surface area contributed by atoms with Gasteiger partial charge in [0.25, 0.3) is 0 Å². The van der Waals surface area contributed by atoms with Crippen molar-refractivity contribution < 1.29 is 4.74 Å². The zero-order valence-electron chi connectivity index (χ0n) is 12.3. The van der Waals surface area contributed by atoms with Gasteiger partial charge in [0, 0.05) is 11.9 Å². The molecular weight excluding hydrogens is 262 g/mol. The third-order valence-corrected chi connectivity index (χ3v) is 3.63. The fraction of sp³-hybridized carbons (Fsp3) is 0.235. The molecule has 0 bridgehead atoms. The van der Waals surface area contributed by atoms with Gasteiger partial charge in [-0.25, -0.2) is 0 Å². The number of hydrogen-bond donors (Lipinski definition) is 1. The van der Waals surface area contributed by atoms with Crippen LogP contribution in [0, 0.1) is 6.92 Å². The summed E-state index contributed by atoms with van der Waals surface area (Å²) in [4.78, 5) is 0. The first-order chi connectivity index (χ1) is 10.2. The number of rotatable bonds is 4. The molecule has 0 spiro atoms. The van der Waals surface area contributed by atoms with Crippen molar-refractivity contribution in [3.8, 4) is 5.75 Å². The molecule has 3 rings (SSSR count). The van der Waals surface area contributed by atoms with Crippen LogP contribution in [0.2, 0.25) is 0 Å². The Balaban J connectivity index is 1.92. The summed E-state index contributed by atoms with van der Waals surface area (Å²) in [6.45, 7) is 5.34. The van der Waals surface area contributed by atoms with E-state index in [1.54, 1.807) is 0 Å². The highest BCUT2D eigenvalue weighted by atomic mass is 16.5. The lowest BCUT2D eigenvalue weighted by Gasteiger charge is -2.10. The molecule has 0 saturated carbocycles. The van der Waals surface area contributed by atoms with Crippen LogP contribution in [0.1, 0.15) is 18.2 Å². The molecule has 0 amide bonds. The summed E-state index contributed by atoms with van der Waals surface area (Å²) in [6.07, 6.45) is 0. The minimum Gasteiger partial charge on any atom is -0.485 e. The number of nitrogens with two attached hydrogens (primary N) is 1. The largest absolute Gasteiger partial charge is 0.485 e. The standard InChI is InChI=1S/C17H19N3O/c1-3-20-16-10-5-4-8-13(16)15(19-20)11-21-17-12(2)7-6-9-14(17)18/h4-10H,3,11,18H2,1-2H3. The number of nitrogens with zero attached hydrogens (tertiary/aromatic N) is 2. The molecule has 0 radical (unpaired) electrons. The summed E-state index contributed by atoms with van der Waals surface area (Å²) < 4.78 is 7.91. The minimum atomic E-state index is 0.419. The Morgan fingerprint density at radius 2 is 1.95 bits per heavy atom. The molecule has 1 heterocycles. The molecule has 2 aromatic carbocycles. The van der Waals surface area contributed by atoms with E-state index >= 15 is 0 Å². The van der Waals surface area contributed by atoms with Crippen LogP contribution in [0.5, 0.6) is 5.75 Å². The molecule has 0 aliphatic carbocycles. The number of aromatic nitrogens is 2. The van der Waals surface area contributed by atoms with Crippen molar-refractivity contribution >= 4 is 16.6 Å². The van der Waals surface area contributed by atoms with Crippen molar-refractivity contribution in [1.29, 1.82) is 0 Å². The Hall–Kier alpha value is -2.49. The summed E-state index contributed by atoms with van der Waals surface area (Å²) in [5.41, 5.74) is 9.75. The van der Waals surface area contributed by atoms with Gasteiger partial charge in [-0.15, -0.1) is 0 Å². The van der Waals surface area contributed by atoms with E-state index in [4.69, 9.17) is 10.5 Å². The SMILES string of the molecule is CCn1nc(COc2c(C)cccc2N)c2ccccc21. The Kier molecular flexibility index (Phi) is 3.52. The number of fused-ring (bicyclic) bond motifs is 1. The average Bonchev–Trinajstić information content (AvgIpc) is 2.85. The van der Waals surface area contributed by atoms with Crippen molar-refractivity contribution in [2.24, 2.45) is 0 Å². The van der Waals surface area contributed by atoms with Crippen LogP contribution in [0.15, 0.2) is 42.5 Å². The van der Waals surface area contributed by atoms with E-state index in [0.29, 0.717) is 12.3 Å². The smallest absolute Gasteiger partial charge is 0.145 e. The van der Waals surface area contributed by atoms with Crippen molar-refractivity contribution in [3.05, 3.63) is 53.7 Å². The van der Waals surface area contributed by atoms with E-state index in [-0.39, 0.29) is 0 Å². The van der Waals surface area contributed by atoms with Crippen LogP contribution in [0.25, 0.3) is 10.9 Å². The van der Waals surface area contributed by atoms with Gasteiger partial charge in [0.2, 0.25) is 0 Å². The lowest BCUT2D eigenvalue weighted by atomic mass is 10.2. The molecule has 4 nitrogen and oxygen atoms in total. The number of nitrogen functional groups attached to an aromatic ring is 1. The molecule has 0 unspecified atom stereocenters. The molecule has 4 heteroatoms. The van der Waals surface area contributed by atoms with Gasteiger partial charge in [-0.05, 0) is 31.5 Å². The van der Waals surface area contributed by atoms with E-state index in [0.717, 1.165) is 34.5 Å². The van der Waals surface area contributed by atoms with Crippen LogP contribution in [-0.4, -0.2) is 9.78 Å². The lowest BCUT2D eigenvalue weighted by molar-refractivity contribution is 0.300. The van der Waals surface area contributed by atoms with Crippen molar-refractivity contribution in [1.82, 2.24) is 9.78 Å². The van der Waals surface area contributed by atoms with Gasteiger partial charge in [0.1, 0.15) is 18.1 Å². The predicted molar refractivity (Wildman–Crippen MR) is 85.3 cm³/mol. The summed E-state index contributed by atoms with van der Waals surface area (Å²) in [6, 6.07) is 14.0. The third kappa shape index (κ3) is 2.44. The Morgan fingerprint density at radius 1 is 1.14 bits per heavy atom. The normalized spacial score (nSPS) is 11.0. The van der Waals surface area contributed by atoms with Gasteiger partial charge in [-0.2, -0.15) is 5.10 Å². The Bertz CT molecular complexity index is 757. The summed E-state index contributed by atoms with van der Waals surface area (Å²) in [5, 5.41) is 5.76. The second-order valence-electron chi connectivity index (χ2n) is 5.06. The van der Waals surface area contributed by atoms with Crippen molar-refractivity contribution in [3.63, 3.8) is 0 Å². The molecule has 0 saturated heterocycles. The van der Waals surface area contributed by atoms with Gasteiger partial charge < -0.3 is 10.5 Å². The number of benzene rings is 2. The van der Waals surface area contributed by atoms with Gasteiger partial charge in [-0.1, -0.05) is 30.3 Å². The first-order valence-electron chi connectivity index (χ1n) is 7.13. The van der Waals surface area contributed by atoms with Gasteiger partial charge >= 0.3 is 0 Å². The number of aryl methyl sites for hydroxylation is 2. The molecular formula is C17H19N3O. The quantitative estimate of drug-likeness (QED) is 0.744. The van der Waals surface area contributed by atoms with Gasteiger partial charge in [0.05, 0.1) is 11.2 Å². The molecule has 0 fully saturated rings. The number of ether oxygens (including phenoxy) is 1. The minimum absolute atomic E-state index is 0.419. The van der Waals surface area contributed by atoms with Crippen LogP contribution in [0.4, 0.5) is 5.69 Å². The van der Waals surface area contributed by atoms with Crippen LogP contribution in [-0.2, 0) is 13.2 Å². The first kappa shape index (κ1) is 13.5. The molecule has 0 aliphatic rings. The van der Waals surface area contributed by atoms with E-state index in [1.807, 2.05) is 41.9 Å². The maximum Gasteiger partial charge on any atom is 0.145 e. The molecule has 2 N–H and O–H groups in total. The second kappa shape index (κ2) is 5.48. The molecule has 3 aromatic rings. The van der Waals surface area contributed by atoms with E-state index in [2.05, 4.69) is 24.2 Å². The summed E-state index contributed by atoms with van der Waals surface area (Å²) >= 11 is 0. The summed E-state index contributed by atoms with van der Waals surface area (Å²) in [7, 11) is 0. The van der Waals surface area contributed by atoms with Crippen LogP contribution < -0.4 is 10.5 Å². The summed E-state index contributed by atoms with van der Waals surface area (Å²) in [5.74, 6) is 0.743. The number of para-hydroxylation sites is 2. The highest BCUT2D eigenvalue weighted by Crippen LogP contribution is 2.27.